The van der Waals surface area contributed by atoms with E-state index in [4.69, 9.17) is 5.11 Å². The van der Waals surface area contributed by atoms with Crippen LogP contribution in [0.1, 0.15) is 22.8 Å². The van der Waals surface area contributed by atoms with Crippen molar-refractivity contribution in [3.63, 3.8) is 0 Å². The summed E-state index contributed by atoms with van der Waals surface area (Å²) in [5.74, 6) is -1.08. The number of carboxylic acids is 1. The lowest BCUT2D eigenvalue weighted by atomic mass is 10.1. The Hall–Kier alpha value is -2.04. The number of aromatic carboxylic acids is 1. The second kappa shape index (κ2) is 6.05. The van der Waals surface area contributed by atoms with E-state index in [2.05, 4.69) is 5.32 Å². The molecule has 0 atom stereocenters. The van der Waals surface area contributed by atoms with Gasteiger partial charge in [0, 0.05) is 19.3 Å². The third-order valence-corrected chi connectivity index (χ3v) is 2.74. The molecular weight excluding hydrogens is 232 g/mol. The van der Waals surface area contributed by atoms with Crippen LogP contribution in [0.15, 0.2) is 18.2 Å². The van der Waals surface area contributed by atoms with Crippen LogP contribution >= 0.6 is 0 Å². The minimum atomic E-state index is -1.00. The second-order valence-corrected chi connectivity index (χ2v) is 4.12. The van der Waals surface area contributed by atoms with Gasteiger partial charge in [-0.05, 0) is 26.0 Å². The van der Waals surface area contributed by atoms with E-state index in [1.54, 1.807) is 24.1 Å². The fourth-order valence-electron chi connectivity index (χ4n) is 1.47. The molecule has 5 nitrogen and oxygen atoms in total. The fraction of sp³-hybridized carbons (Fsp3) is 0.385. The quantitative estimate of drug-likeness (QED) is 0.832. The molecule has 0 aromatic heterocycles. The number of rotatable bonds is 5. The van der Waals surface area contributed by atoms with Crippen molar-refractivity contribution in [2.45, 2.75) is 13.8 Å². The predicted octanol–water partition coefficient (Wildman–Crippen LogP) is 1.58. The van der Waals surface area contributed by atoms with E-state index in [-0.39, 0.29) is 18.0 Å². The standard InChI is InChI=1S/C13H18N2O3/c1-4-15(3)12(16)8-14-11-6-5-9(2)7-10(11)13(17)18/h5-7,14H,4,8H2,1-3H3,(H,17,18). The highest BCUT2D eigenvalue weighted by molar-refractivity contribution is 5.95. The van der Waals surface area contributed by atoms with Gasteiger partial charge in [-0.1, -0.05) is 11.6 Å². The van der Waals surface area contributed by atoms with Crippen molar-refractivity contribution in [3.05, 3.63) is 29.3 Å². The Bertz CT molecular complexity index is 458. The van der Waals surface area contributed by atoms with Crippen LogP contribution in [-0.4, -0.2) is 42.0 Å². The molecule has 0 fully saturated rings. The van der Waals surface area contributed by atoms with Crippen molar-refractivity contribution in [1.29, 1.82) is 0 Å². The maximum absolute atomic E-state index is 11.6. The van der Waals surface area contributed by atoms with Gasteiger partial charge in [-0.25, -0.2) is 4.79 Å². The number of aryl methyl sites for hydroxylation is 1. The number of likely N-dealkylation sites (N-methyl/N-ethyl adjacent to an activating group) is 1. The first-order valence-corrected chi connectivity index (χ1v) is 5.77. The number of nitrogens with one attached hydrogen (secondary N) is 1. The SMILES string of the molecule is CCN(C)C(=O)CNc1ccc(C)cc1C(=O)O. The lowest BCUT2D eigenvalue weighted by molar-refractivity contribution is -0.127. The molecule has 0 saturated heterocycles. The van der Waals surface area contributed by atoms with Gasteiger partial charge in [0.1, 0.15) is 0 Å². The van der Waals surface area contributed by atoms with Gasteiger partial charge in [0.25, 0.3) is 0 Å². The highest BCUT2D eigenvalue weighted by atomic mass is 16.4. The van der Waals surface area contributed by atoms with E-state index < -0.39 is 5.97 Å². The normalized spacial score (nSPS) is 9.94. The summed E-state index contributed by atoms with van der Waals surface area (Å²) >= 11 is 0. The Morgan fingerprint density at radius 2 is 2.06 bits per heavy atom. The molecule has 0 bridgehead atoms. The zero-order valence-electron chi connectivity index (χ0n) is 10.9. The molecule has 0 unspecified atom stereocenters. The molecule has 0 aliphatic heterocycles. The summed E-state index contributed by atoms with van der Waals surface area (Å²) in [6.45, 7) is 4.42. The van der Waals surface area contributed by atoms with Gasteiger partial charge in [0.15, 0.2) is 0 Å². The van der Waals surface area contributed by atoms with E-state index in [1.165, 1.54) is 0 Å². The highest BCUT2D eigenvalue weighted by Gasteiger charge is 2.12. The largest absolute Gasteiger partial charge is 0.478 e. The van der Waals surface area contributed by atoms with E-state index in [0.717, 1.165) is 5.56 Å². The minimum absolute atomic E-state index is 0.0746. The van der Waals surface area contributed by atoms with Crippen molar-refractivity contribution in [2.75, 3.05) is 25.5 Å². The lowest BCUT2D eigenvalue weighted by Gasteiger charge is -2.16. The Morgan fingerprint density at radius 1 is 1.39 bits per heavy atom. The molecule has 18 heavy (non-hydrogen) atoms. The summed E-state index contributed by atoms with van der Waals surface area (Å²) in [6, 6.07) is 5.07. The number of benzene rings is 1. The zero-order chi connectivity index (χ0) is 13.7. The number of carbonyl (C=O) groups excluding carboxylic acids is 1. The van der Waals surface area contributed by atoms with Crippen molar-refractivity contribution < 1.29 is 14.7 Å². The van der Waals surface area contributed by atoms with E-state index in [0.29, 0.717) is 12.2 Å². The molecule has 0 aliphatic carbocycles. The summed E-state index contributed by atoms with van der Waals surface area (Å²) in [6.07, 6.45) is 0. The first-order chi connectivity index (χ1) is 8.45. The third kappa shape index (κ3) is 3.48. The van der Waals surface area contributed by atoms with Crippen LogP contribution < -0.4 is 5.32 Å². The maximum Gasteiger partial charge on any atom is 0.337 e. The van der Waals surface area contributed by atoms with Gasteiger partial charge in [-0.3, -0.25) is 4.79 Å². The highest BCUT2D eigenvalue weighted by Crippen LogP contribution is 2.17. The van der Waals surface area contributed by atoms with Gasteiger partial charge < -0.3 is 15.3 Å². The summed E-state index contributed by atoms with van der Waals surface area (Å²) in [5, 5.41) is 11.9. The van der Waals surface area contributed by atoms with Gasteiger partial charge in [-0.15, -0.1) is 0 Å². The van der Waals surface area contributed by atoms with E-state index in [1.807, 2.05) is 19.9 Å². The lowest BCUT2D eigenvalue weighted by Crippen LogP contribution is -2.32. The molecule has 5 heteroatoms. The average molecular weight is 250 g/mol. The Morgan fingerprint density at radius 3 is 2.61 bits per heavy atom. The summed E-state index contributed by atoms with van der Waals surface area (Å²) in [7, 11) is 1.71. The number of amides is 1. The average Bonchev–Trinajstić information content (AvgIpc) is 2.35. The molecular formula is C13H18N2O3. The second-order valence-electron chi connectivity index (χ2n) is 4.12. The van der Waals surface area contributed by atoms with Crippen LogP contribution in [0, 0.1) is 6.92 Å². The van der Waals surface area contributed by atoms with Crippen molar-refractivity contribution >= 4 is 17.6 Å². The molecule has 0 aliphatic rings. The Labute approximate surface area is 106 Å². The number of hydrogen-bond acceptors (Lipinski definition) is 3. The number of nitrogens with zero attached hydrogens (tertiary/aromatic N) is 1. The van der Waals surface area contributed by atoms with E-state index >= 15 is 0 Å². The predicted molar refractivity (Wildman–Crippen MR) is 69.9 cm³/mol. The summed E-state index contributed by atoms with van der Waals surface area (Å²) in [5.41, 5.74) is 1.52. The Balaban J connectivity index is 2.79. The van der Waals surface area contributed by atoms with Crippen LogP contribution in [0.5, 0.6) is 0 Å². The molecule has 1 aromatic carbocycles. The third-order valence-electron chi connectivity index (χ3n) is 2.74. The molecule has 1 amide bonds. The zero-order valence-corrected chi connectivity index (χ0v) is 10.9. The van der Waals surface area contributed by atoms with Crippen molar-refractivity contribution in [3.8, 4) is 0 Å². The van der Waals surface area contributed by atoms with Crippen LogP contribution in [0.2, 0.25) is 0 Å². The van der Waals surface area contributed by atoms with Gasteiger partial charge in [0.2, 0.25) is 5.91 Å². The molecule has 98 valence electrons. The van der Waals surface area contributed by atoms with Crippen LogP contribution in [0.4, 0.5) is 5.69 Å². The number of hydrogen-bond donors (Lipinski definition) is 2. The molecule has 2 N–H and O–H groups in total. The van der Waals surface area contributed by atoms with Gasteiger partial charge in [0.05, 0.1) is 12.1 Å². The molecule has 0 radical (unpaired) electrons. The van der Waals surface area contributed by atoms with Gasteiger partial charge >= 0.3 is 5.97 Å². The van der Waals surface area contributed by atoms with Gasteiger partial charge in [-0.2, -0.15) is 0 Å². The summed E-state index contributed by atoms with van der Waals surface area (Å²) < 4.78 is 0. The first kappa shape index (κ1) is 14.0. The van der Waals surface area contributed by atoms with Crippen molar-refractivity contribution in [1.82, 2.24) is 4.90 Å². The monoisotopic (exact) mass is 250 g/mol. The first-order valence-electron chi connectivity index (χ1n) is 5.77. The molecule has 0 heterocycles. The molecule has 1 rings (SSSR count). The van der Waals surface area contributed by atoms with Crippen molar-refractivity contribution in [2.24, 2.45) is 0 Å². The van der Waals surface area contributed by atoms with Crippen LogP contribution in [0.3, 0.4) is 0 Å². The van der Waals surface area contributed by atoms with Crippen LogP contribution in [0.25, 0.3) is 0 Å². The minimum Gasteiger partial charge on any atom is -0.478 e. The topological polar surface area (TPSA) is 69.6 Å². The molecule has 1 aromatic rings. The Kier molecular flexibility index (Phi) is 4.71. The van der Waals surface area contributed by atoms with E-state index in [9.17, 15) is 9.59 Å². The fourth-order valence-corrected chi connectivity index (χ4v) is 1.47. The molecule has 0 saturated carbocycles. The van der Waals surface area contributed by atoms with Crippen LogP contribution in [-0.2, 0) is 4.79 Å². The maximum atomic E-state index is 11.6. The smallest absolute Gasteiger partial charge is 0.337 e. The number of anilines is 1. The molecule has 0 spiro atoms. The summed E-state index contributed by atoms with van der Waals surface area (Å²) in [4.78, 5) is 24.3. The number of carbonyl (C=O) groups is 2. The number of carboxylic acid groups (broad SMARTS) is 1.